The maximum absolute atomic E-state index is 12.2. The van der Waals surface area contributed by atoms with Gasteiger partial charge in [-0.3, -0.25) is 4.79 Å². The minimum absolute atomic E-state index is 0.132. The number of benzene rings is 1. The highest BCUT2D eigenvalue weighted by atomic mass is 35.5. The van der Waals surface area contributed by atoms with Gasteiger partial charge in [-0.05, 0) is 25.1 Å². The van der Waals surface area contributed by atoms with Crippen molar-refractivity contribution >= 4 is 34.5 Å². The van der Waals surface area contributed by atoms with Crippen LogP contribution >= 0.6 is 22.9 Å². The first-order chi connectivity index (χ1) is 11.5. The molecule has 0 fully saturated rings. The van der Waals surface area contributed by atoms with Crippen LogP contribution in [-0.4, -0.2) is 27.6 Å². The van der Waals surface area contributed by atoms with Crippen molar-refractivity contribution < 1.29 is 9.53 Å². The Labute approximate surface area is 148 Å². The number of thiazole rings is 1. The monoisotopic (exact) mass is 362 g/mol. The van der Waals surface area contributed by atoms with Crippen molar-refractivity contribution in [2.24, 2.45) is 0 Å². The van der Waals surface area contributed by atoms with Crippen molar-refractivity contribution in [3.63, 3.8) is 0 Å². The van der Waals surface area contributed by atoms with Gasteiger partial charge in [0.25, 0.3) is 0 Å². The Hall–Kier alpha value is -2.38. The van der Waals surface area contributed by atoms with E-state index < -0.39 is 0 Å². The van der Waals surface area contributed by atoms with Crippen LogP contribution in [0.2, 0.25) is 5.02 Å². The quantitative estimate of drug-likeness (QED) is 0.752. The number of anilines is 1. The van der Waals surface area contributed by atoms with Gasteiger partial charge in [0.2, 0.25) is 5.91 Å². The highest BCUT2D eigenvalue weighted by Crippen LogP contribution is 2.27. The lowest BCUT2D eigenvalue weighted by Crippen LogP contribution is -2.18. The highest BCUT2D eigenvalue weighted by molar-refractivity contribution is 7.13. The molecule has 0 radical (unpaired) electrons. The average Bonchev–Trinajstić information content (AvgIpc) is 3.16. The molecule has 0 saturated heterocycles. The van der Waals surface area contributed by atoms with Crippen molar-refractivity contribution in [2.45, 2.75) is 13.5 Å². The van der Waals surface area contributed by atoms with Crippen molar-refractivity contribution in [3.8, 4) is 16.5 Å². The molecule has 1 N–H and O–H groups in total. The number of carbonyl (C=O) groups excluding carboxylic acids is 1. The molecule has 3 rings (SSSR count). The molecule has 1 amide bonds. The SMILES string of the molecule is COc1ccc(Cl)cc1NC(=O)Cn1cnc(-c2nc(C)cs2)c1. The molecule has 0 spiro atoms. The minimum Gasteiger partial charge on any atom is -0.495 e. The molecule has 24 heavy (non-hydrogen) atoms. The molecule has 0 unspecified atom stereocenters. The summed E-state index contributed by atoms with van der Waals surface area (Å²) in [6.45, 7) is 2.07. The lowest BCUT2D eigenvalue weighted by molar-refractivity contribution is -0.116. The van der Waals surface area contributed by atoms with E-state index in [1.807, 2.05) is 12.3 Å². The molecule has 124 valence electrons. The lowest BCUT2D eigenvalue weighted by Gasteiger charge is -2.10. The van der Waals surface area contributed by atoms with Gasteiger partial charge in [0.1, 0.15) is 23.0 Å². The van der Waals surface area contributed by atoms with Crippen molar-refractivity contribution in [3.05, 3.63) is 46.8 Å². The number of nitrogens with zero attached hydrogens (tertiary/aromatic N) is 3. The van der Waals surface area contributed by atoms with Crippen LogP contribution in [-0.2, 0) is 11.3 Å². The molecule has 2 heterocycles. The minimum atomic E-state index is -0.199. The number of methoxy groups -OCH3 is 1. The molecule has 0 aliphatic rings. The zero-order valence-electron chi connectivity index (χ0n) is 13.1. The summed E-state index contributed by atoms with van der Waals surface area (Å²) < 4.78 is 6.92. The molecule has 0 aliphatic heterocycles. The number of rotatable bonds is 5. The van der Waals surface area contributed by atoms with Crippen LogP contribution < -0.4 is 10.1 Å². The van der Waals surface area contributed by atoms with Gasteiger partial charge in [-0.25, -0.2) is 9.97 Å². The molecule has 0 saturated carbocycles. The standard InChI is InChI=1S/C16H15ClN4O2S/c1-10-8-24-16(19-10)13-6-21(9-18-13)7-15(22)20-12-5-11(17)3-4-14(12)23-2/h3-6,8-9H,7H2,1-2H3,(H,20,22). The first kappa shape index (κ1) is 16.5. The fourth-order valence-electron chi connectivity index (χ4n) is 2.16. The third kappa shape index (κ3) is 3.74. The number of amides is 1. The van der Waals surface area contributed by atoms with Crippen LogP contribution in [0.4, 0.5) is 5.69 Å². The van der Waals surface area contributed by atoms with Gasteiger partial charge >= 0.3 is 0 Å². The molecule has 2 aromatic heterocycles. The van der Waals surface area contributed by atoms with Gasteiger partial charge in [-0.1, -0.05) is 11.6 Å². The van der Waals surface area contributed by atoms with Gasteiger partial charge in [-0.2, -0.15) is 0 Å². The van der Waals surface area contributed by atoms with Crippen LogP contribution in [0.25, 0.3) is 10.7 Å². The van der Waals surface area contributed by atoms with Gasteiger partial charge in [-0.15, -0.1) is 11.3 Å². The third-order valence-electron chi connectivity index (χ3n) is 3.23. The largest absolute Gasteiger partial charge is 0.495 e. The Kier molecular flexibility index (Phi) is 4.82. The summed E-state index contributed by atoms with van der Waals surface area (Å²) in [5.41, 5.74) is 2.24. The molecule has 1 aromatic carbocycles. The van der Waals surface area contributed by atoms with E-state index in [0.717, 1.165) is 16.4 Å². The Bertz CT molecular complexity index is 875. The van der Waals surface area contributed by atoms with Gasteiger partial charge in [0.15, 0.2) is 0 Å². The molecular formula is C16H15ClN4O2S. The first-order valence-corrected chi connectivity index (χ1v) is 8.38. The topological polar surface area (TPSA) is 69.0 Å². The van der Waals surface area contributed by atoms with Crippen LogP contribution in [0.15, 0.2) is 36.1 Å². The van der Waals surface area contributed by atoms with Crippen molar-refractivity contribution in [2.75, 3.05) is 12.4 Å². The van der Waals surface area contributed by atoms with E-state index in [4.69, 9.17) is 16.3 Å². The van der Waals surface area contributed by atoms with Crippen LogP contribution in [0.3, 0.4) is 0 Å². The Balaban J connectivity index is 1.69. The van der Waals surface area contributed by atoms with E-state index in [1.54, 1.807) is 35.3 Å². The first-order valence-electron chi connectivity index (χ1n) is 7.13. The van der Waals surface area contributed by atoms with E-state index in [0.29, 0.717) is 16.5 Å². The van der Waals surface area contributed by atoms with Gasteiger partial charge in [0.05, 0.1) is 19.1 Å². The van der Waals surface area contributed by atoms with Crippen LogP contribution in [0.1, 0.15) is 5.69 Å². The number of carbonyl (C=O) groups is 1. The van der Waals surface area contributed by atoms with E-state index in [9.17, 15) is 4.79 Å². The maximum Gasteiger partial charge on any atom is 0.244 e. The second-order valence-electron chi connectivity index (χ2n) is 5.12. The molecule has 6 nitrogen and oxygen atoms in total. The third-order valence-corrected chi connectivity index (χ3v) is 4.45. The van der Waals surface area contributed by atoms with E-state index in [1.165, 1.54) is 18.4 Å². The predicted octanol–water partition coefficient (Wildman–Crippen LogP) is 3.62. The van der Waals surface area contributed by atoms with E-state index in [2.05, 4.69) is 15.3 Å². The number of halogens is 1. The second kappa shape index (κ2) is 7.02. The number of imidazole rings is 1. The number of aryl methyl sites for hydroxylation is 1. The molecule has 3 aromatic rings. The summed E-state index contributed by atoms with van der Waals surface area (Å²) in [4.78, 5) is 20.9. The van der Waals surface area contributed by atoms with E-state index in [-0.39, 0.29) is 12.5 Å². The number of ether oxygens (including phenoxy) is 1. The van der Waals surface area contributed by atoms with Crippen molar-refractivity contribution in [1.82, 2.24) is 14.5 Å². The van der Waals surface area contributed by atoms with Crippen LogP contribution in [0, 0.1) is 6.92 Å². The predicted molar refractivity (Wildman–Crippen MR) is 94.7 cm³/mol. The normalized spacial score (nSPS) is 10.6. The number of hydrogen-bond donors (Lipinski definition) is 1. The van der Waals surface area contributed by atoms with Gasteiger partial charge in [0, 0.05) is 22.3 Å². The smallest absolute Gasteiger partial charge is 0.244 e. The van der Waals surface area contributed by atoms with Crippen molar-refractivity contribution in [1.29, 1.82) is 0 Å². The molecule has 0 bridgehead atoms. The van der Waals surface area contributed by atoms with Gasteiger partial charge < -0.3 is 14.6 Å². The number of nitrogens with one attached hydrogen (secondary N) is 1. The summed E-state index contributed by atoms with van der Waals surface area (Å²) in [6, 6.07) is 5.06. The Morgan fingerprint density at radius 3 is 3.00 bits per heavy atom. The average molecular weight is 363 g/mol. The zero-order valence-corrected chi connectivity index (χ0v) is 14.7. The summed E-state index contributed by atoms with van der Waals surface area (Å²) in [5.74, 6) is 0.354. The zero-order chi connectivity index (χ0) is 17.1. The highest BCUT2D eigenvalue weighted by Gasteiger charge is 2.11. The summed E-state index contributed by atoms with van der Waals surface area (Å²) in [5, 5.41) is 6.12. The fourth-order valence-corrected chi connectivity index (χ4v) is 3.09. The number of aromatic nitrogens is 3. The second-order valence-corrected chi connectivity index (χ2v) is 6.41. The summed E-state index contributed by atoms with van der Waals surface area (Å²) in [6.07, 6.45) is 3.41. The van der Waals surface area contributed by atoms with Crippen LogP contribution in [0.5, 0.6) is 5.75 Å². The molecule has 8 heteroatoms. The summed E-state index contributed by atoms with van der Waals surface area (Å²) >= 11 is 7.49. The fraction of sp³-hybridized carbons (Fsp3) is 0.188. The molecule has 0 aliphatic carbocycles. The Morgan fingerprint density at radius 2 is 2.29 bits per heavy atom. The van der Waals surface area contributed by atoms with E-state index >= 15 is 0 Å². The molecular weight excluding hydrogens is 348 g/mol. The number of hydrogen-bond acceptors (Lipinski definition) is 5. The lowest BCUT2D eigenvalue weighted by atomic mass is 10.3. The maximum atomic E-state index is 12.2. The Morgan fingerprint density at radius 1 is 1.46 bits per heavy atom. The summed E-state index contributed by atoms with van der Waals surface area (Å²) in [7, 11) is 1.54. The molecule has 0 atom stereocenters.